The van der Waals surface area contributed by atoms with Crippen molar-refractivity contribution in [2.75, 3.05) is 6.54 Å². The van der Waals surface area contributed by atoms with Gasteiger partial charge in [0.05, 0.1) is 12.6 Å². The molecule has 7 nitrogen and oxygen atoms in total. The quantitative estimate of drug-likeness (QED) is 0.855. The van der Waals surface area contributed by atoms with E-state index in [4.69, 9.17) is 4.52 Å². The molecule has 2 aromatic heterocycles. The molecule has 1 aliphatic heterocycles. The van der Waals surface area contributed by atoms with Gasteiger partial charge in [-0.3, -0.25) is 4.90 Å². The average molecular weight is 290 g/mol. The van der Waals surface area contributed by atoms with Crippen LogP contribution in [0.1, 0.15) is 49.2 Å². The van der Waals surface area contributed by atoms with E-state index in [1.165, 1.54) is 6.42 Å². The molecular weight excluding hydrogens is 268 g/mol. The largest absolute Gasteiger partial charge is 0.338 e. The molecule has 2 unspecified atom stereocenters. The summed E-state index contributed by atoms with van der Waals surface area (Å²) in [7, 11) is 0. The Kier molecular flexibility index (Phi) is 3.75. The van der Waals surface area contributed by atoms with Crippen molar-refractivity contribution in [3.05, 3.63) is 23.4 Å². The molecule has 3 heterocycles. The van der Waals surface area contributed by atoms with Gasteiger partial charge in [-0.1, -0.05) is 5.16 Å². The van der Waals surface area contributed by atoms with E-state index in [0.717, 1.165) is 31.2 Å². The zero-order chi connectivity index (χ0) is 15.0. The van der Waals surface area contributed by atoms with Crippen molar-refractivity contribution in [2.24, 2.45) is 0 Å². The molecule has 0 radical (unpaired) electrons. The molecule has 0 aliphatic carbocycles. The van der Waals surface area contributed by atoms with Crippen LogP contribution in [0.25, 0.3) is 0 Å². The van der Waals surface area contributed by atoms with Gasteiger partial charge in [0.2, 0.25) is 5.89 Å². The van der Waals surface area contributed by atoms with Gasteiger partial charge in [0.1, 0.15) is 11.6 Å². The summed E-state index contributed by atoms with van der Waals surface area (Å²) in [5.74, 6) is 3.19. The maximum Gasteiger partial charge on any atom is 0.243 e. The first-order valence-corrected chi connectivity index (χ1v) is 7.48. The fourth-order valence-corrected chi connectivity index (χ4v) is 3.12. The Labute approximate surface area is 124 Å². The zero-order valence-corrected chi connectivity index (χ0v) is 13.1. The molecule has 0 aromatic carbocycles. The van der Waals surface area contributed by atoms with Crippen LogP contribution in [0.4, 0.5) is 0 Å². The molecular formula is C14H22N6O. The summed E-state index contributed by atoms with van der Waals surface area (Å²) in [5.41, 5.74) is 0. The third-order valence-electron chi connectivity index (χ3n) is 4.17. The van der Waals surface area contributed by atoms with Crippen LogP contribution in [0.5, 0.6) is 0 Å². The van der Waals surface area contributed by atoms with Gasteiger partial charge in [-0.15, -0.1) is 0 Å². The van der Waals surface area contributed by atoms with E-state index in [0.29, 0.717) is 17.8 Å². The number of likely N-dealkylation sites (tertiary alicyclic amines) is 1. The first kappa shape index (κ1) is 14.2. The van der Waals surface area contributed by atoms with Crippen LogP contribution in [0.15, 0.2) is 4.52 Å². The van der Waals surface area contributed by atoms with Crippen molar-refractivity contribution in [3.63, 3.8) is 0 Å². The molecule has 114 valence electrons. The Hall–Kier alpha value is -1.76. The molecule has 7 heteroatoms. The van der Waals surface area contributed by atoms with Gasteiger partial charge in [-0.25, -0.2) is 9.67 Å². The molecule has 0 N–H and O–H groups in total. The molecule has 1 fully saturated rings. The Balaban J connectivity index is 1.74. The van der Waals surface area contributed by atoms with Crippen LogP contribution in [0.2, 0.25) is 0 Å². The van der Waals surface area contributed by atoms with Gasteiger partial charge in [-0.05, 0) is 47.1 Å². The van der Waals surface area contributed by atoms with E-state index in [9.17, 15) is 0 Å². The highest BCUT2D eigenvalue weighted by atomic mass is 16.5. The minimum atomic E-state index is 0.142. The van der Waals surface area contributed by atoms with E-state index < -0.39 is 0 Å². The highest BCUT2D eigenvalue weighted by Gasteiger charge is 2.32. The predicted molar refractivity (Wildman–Crippen MR) is 76.7 cm³/mol. The monoisotopic (exact) mass is 290 g/mol. The molecule has 0 bridgehead atoms. The third-order valence-corrected chi connectivity index (χ3v) is 4.17. The summed E-state index contributed by atoms with van der Waals surface area (Å²) in [6.07, 6.45) is 2.35. The standard InChI is InChI=1S/C14H22N6O/c1-9(14-16-11(3)18-21-14)19-7-5-6-13(19)8-20-12(4)15-10(2)17-20/h9,13H,5-8H2,1-4H3. The number of aryl methyl sites for hydroxylation is 3. The second kappa shape index (κ2) is 5.55. The summed E-state index contributed by atoms with van der Waals surface area (Å²) in [6, 6.07) is 0.579. The molecule has 0 amide bonds. The molecule has 0 saturated carbocycles. The Morgan fingerprint density at radius 2 is 2.05 bits per heavy atom. The number of hydrogen-bond acceptors (Lipinski definition) is 6. The Morgan fingerprint density at radius 3 is 2.67 bits per heavy atom. The zero-order valence-electron chi connectivity index (χ0n) is 13.1. The van der Waals surface area contributed by atoms with Crippen molar-refractivity contribution < 1.29 is 4.52 Å². The van der Waals surface area contributed by atoms with Crippen LogP contribution in [0.3, 0.4) is 0 Å². The predicted octanol–water partition coefficient (Wildman–Crippen LogP) is 1.81. The highest BCUT2D eigenvalue weighted by Crippen LogP contribution is 2.29. The molecule has 1 saturated heterocycles. The van der Waals surface area contributed by atoms with Crippen molar-refractivity contribution in [2.45, 2.75) is 59.2 Å². The van der Waals surface area contributed by atoms with Crippen LogP contribution in [0, 0.1) is 20.8 Å². The van der Waals surface area contributed by atoms with Crippen LogP contribution in [-0.4, -0.2) is 42.4 Å². The first-order valence-electron chi connectivity index (χ1n) is 7.48. The van der Waals surface area contributed by atoms with E-state index in [1.54, 1.807) is 0 Å². The second-order valence-electron chi connectivity index (χ2n) is 5.78. The van der Waals surface area contributed by atoms with Gasteiger partial charge >= 0.3 is 0 Å². The molecule has 2 atom stereocenters. The van der Waals surface area contributed by atoms with Gasteiger partial charge < -0.3 is 4.52 Å². The number of rotatable bonds is 4. The van der Waals surface area contributed by atoms with Crippen molar-refractivity contribution in [1.82, 2.24) is 29.8 Å². The van der Waals surface area contributed by atoms with Crippen LogP contribution >= 0.6 is 0 Å². The minimum absolute atomic E-state index is 0.142. The smallest absolute Gasteiger partial charge is 0.243 e. The topological polar surface area (TPSA) is 72.9 Å². The van der Waals surface area contributed by atoms with Gasteiger partial charge in [-0.2, -0.15) is 10.1 Å². The van der Waals surface area contributed by atoms with Gasteiger partial charge in [0, 0.05) is 6.04 Å². The number of aromatic nitrogens is 5. The lowest BCUT2D eigenvalue weighted by Gasteiger charge is -2.28. The van der Waals surface area contributed by atoms with Crippen LogP contribution < -0.4 is 0 Å². The lowest BCUT2D eigenvalue weighted by atomic mass is 10.2. The van der Waals surface area contributed by atoms with Gasteiger partial charge in [0.25, 0.3) is 0 Å². The number of nitrogens with zero attached hydrogens (tertiary/aromatic N) is 6. The van der Waals surface area contributed by atoms with E-state index >= 15 is 0 Å². The normalized spacial score (nSPS) is 21.0. The first-order chi connectivity index (χ1) is 10.0. The highest BCUT2D eigenvalue weighted by molar-refractivity contribution is 4.96. The lowest BCUT2D eigenvalue weighted by molar-refractivity contribution is 0.143. The average Bonchev–Trinajstić information content (AvgIpc) is 3.12. The van der Waals surface area contributed by atoms with Crippen molar-refractivity contribution in [1.29, 1.82) is 0 Å². The summed E-state index contributed by atoms with van der Waals surface area (Å²) >= 11 is 0. The SMILES string of the molecule is Cc1noc(C(C)N2CCCC2Cn2nc(C)nc2C)n1. The molecule has 0 spiro atoms. The summed E-state index contributed by atoms with van der Waals surface area (Å²) in [5, 5.41) is 8.37. The summed E-state index contributed by atoms with van der Waals surface area (Å²) in [4.78, 5) is 11.2. The van der Waals surface area contributed by atoms with Crippen LogP contribution in [-0.2, 0) is 6.54 Å². The van der Waals surface area contributed by atoms with E-state index in [1.807, 2.05) is 25.5 Å². The maximum atomic E-state index is 5.33. The fourth-order valence-electron chi connectivity index (χ4n) is 3.12. The van der Waals surface area contributed by atoms with E-state index in [2.05, 4.69) is 32.0 Å². The lowest BCUT2D eigenvalue weighted by Crippen LogP contribution is -2.35. The second-order valence-corrected chi connectivity index (χ2v) is 5.78. The van der Waals surface area contributed by atoms with Gasteiger partial charge in [0.15, 0.2) is 5.82 Å². The number of hydrogen-bond donors (Lipinski definition) is 0. The third kappa shape index (κ3) is 2.83. The molecule has 1 aliphatic rings. The Morgan fingerprint density at radius 1 is 1.24 bits per heavy atom. The minimum Gasteiger partial charge on any atom is -0.338 e. The van der Waals surface area contributed by atoms with Crippen molar-refractivity contribution >= 4 is 0 Å². The molecule has 21 heavy (non-hydrogen) atoms. The summed E-state index contributed by atoms with van der Waals surface area (Å²) < 4.78 is 7.33. The van der Waals surface area contributed by atoms with E-state index in [-0.39, 0.29) is 6.04 Å². The fraction of sp³-hybridized carbons (Fsp3) is 0.714. The molecule has 2 aromatic rings. The van der Waals surface area contributed by atoms with Crippen molar-refractivity contribution in [3.8, 4) is 0 Å². The summed E-state index contributed by atoms with van der Waals surface area (Å²) in [6.45, 7) is 9.83. The maximum absolute atomic E-state index is 5.33. The Bertz CT molecular complexity index is 619. The molecule has 3 rings (SSSR count).